The molecule has 0 spiro atoms. The Morgan fingerprint density at radius 1 is 1.10 bits per heavy atom. The number of likely N-dealkylation sites (tertiary alicyclic amines) is 1. The number of alkyl halides is 1. The summed E-state index contributed by atoms with van der Waals surface area (Å²) in [5.74, 6) is 1.06. The van der Waals surface area contributed by atoms with Crippen molar-refractivity contribution in [3.8, 4) is 11.3 Å². The maximum absolute atomic E-state index is 13.0. The summed E-state index contributed by atoms with van der Waals surface area (Å²) in [5.41, 5.74) is 3.01. The number of aromatic nitrogens is 3. The van der Waals surface area contributed by atoms with Gasteiger partial charge in [-0.05, 0) is 49.1 Å². The molecule has 0 bridgehead atoms. The number of carbonyl (C=O) groups is 1. The largest absolute Gasteiger partial charge is 0.334 e. The molecule has 2 aromatic heterocycles. The highest BCUT2D eigenvalue weighted by atomic mass is 19.1. The number of Topliss-reactive ketones (excluding diaryl/α,β-unsaturated/α-hetero) is 1. The molecule has 2 aliphatic rings. The van der Waals surface area contributed by atoms with Gasteiger partial charge < -0.3 is 4.57 Å². The smallest absolute Gasteiger partial charge is 0.141 e. The van der Waals surface area contributed by atoms with Gasteiger partial charge in [-0.2, -0.15) is 0 Å². The van der Waals surface area contributed by atoms with E-state index in [0.29, 0.717) is 31.2 Å². The van der Waals surface area contributed by atoms with E-state index in [1.807, 2.05) is 24.0 Å². The molecule has 1 aliphatic heterocycles. The Hall–Kier alpha value is -2.60. The van der Waals surface area contributed by atoms with Gasteiger partial charge >= 0.3 is 0 Å². The van der Waals surface area contributed by atoms with Crippen LogP contribution in [0.3, 0.4) is 0 Å². The van der Waals surface area contributed by atoms with Crippen LogP contribution in [0.1, 0.15) is 31.4 Å². The molecular weight excluding hydrogens is 391 g/mol. The third kappa shape index (κ3) is 4.40. The maximum atomic E-state index is 13.0. The molecular formula is C25H29FN4O. The first-order valence-electron chi connectivity index (χ1n) is 11.3. The van der Waals surface area contributed by atoms with Crippen molar-refractivity contribution in [1.82, 2.24) is 19.4 Å². The Labute approximate surface area is 182 Å². The van der Waals surface area contributed by atoms with Gasteiger partial charge in [0.25, 0.3) is 0 Å². The van der Waals surface area contributed by atoms with Crippen molar-refractivity contribution in [2.24, 2.45) is 18.9 Å². The van der Waals surface area contributed by atoms with E-state index < -0.39 is 6.17 Å². The van der Waals surface area contributed by atoms with Gasteiger partial charge in [-0.3, -0.25) is 14.7 Å². The molecule has 0 atom stereocenters. The van der Waals surface area contributed by atoms with Gasteiger partial charge in [-0.1, -0.05) is 12.1 Å². The van der Waals surface area contributed by atoms with E-state index in [1.54, 1.807) is 6.33 Å². The molecule has 2 fully saturated rings. The van der Waals surface area contributed by atoms with Gasteiger partial charge in [0.2, 0.25) is 0 Å². The topological polar surface area (TPSA) is 51.0 Å². The number of ketones is 1. The van der Waals surface area contributed by atoms with Crippen molar-refractivity contribution in [2.45, 2.75) is 38.3 Å². The molecule has 0 N–H and O–H groups in total. The van der Waals surface area contributed by atoms with Crippen molar-refractivity contribution in [1.29, 1.82) is 0 Å². The van der Waals surface area contributed by atoms with Crippen LogP contribution in [0.5, 0.6) is 0 Å². The minimum atomic E-state index is -0.632. The number of fused-ring (bicyclic) bond motifs is 1. The summed E-state index contributed by atoms with van der Waals surface area (Å²) in [6.07, 6.45) is 9.35. The summed E-state index contributed by atoms with van der Waals surface area (Å²) in [6.45, 7) is 2.18. The Bertz CT molecular complexity index is 1080. The highest BCUT2D eigenvalue weighted by molar-refractivity contribution is 5.88. The van der Waals surface area contributed by atoms with Crippen LogP contribution < -0.4 is 0 Å². The van der Waals surface area contributed by atoms with Gasteiger partial charge in [0.05, 0.1) is 18.2 Å². The van der Waals surface area contributed by atoms with E-state index in [0.717, 1.165) is 60.0 Å². The van der Waals surface area contributed by atoms with Crippen molar-refractivity contribution in [2.75, 3.05) is 19.6 Å². The number of hydrogen-bond acceptors (Lipinski definition) is 4. The molecule has 3 aromatic rings. The molecule has 0 radical (unpaired) electrons. The number of imidazole rings is 1. The SMILES string of the molecule is Cn1cncc1-c1ccc2cnc(CC(=O)C3CCC(CN4CC(F)C4)CC3)cc2c1. The molecule has 5 rings (SSSR count). The van der Waals surface area contributed by atoms with Crippen LogP contribution in [0.4, 0.5) is 4.39 Å². The predicted octanol–water partition coefficient (Wildman–Crippen LogP) is 4.21. The number of nitrogens with zero attached hydrogens (tertiary/aromatic N) is 4. The third-order valence-corrected chi connectivity index (χ3v) is 6.98. The van der Waals surface area contributed by atoms with Gasteiger partial charge in [0.15, 0.2) is 0 Å². The first-order valence-corrected chi connectivity index (χ1v) is 11.3. The maximum Gasteiger partial charge on any atom is 0.141 e. The molecule has 5 nitrogen and oxygen atoms in total. The molecule has 162 valence electrons. The summed E-state index contributed by atoms with van der Waals surface area (Å²) in [5, 5.41) is 2.17. The summed E-state index contributed by atoms with van der Waals surface area (Å²) < 4.78 is 15.0. The van der Waals surface area contributed by atoms with E-state index in [4.69, 9.17) is 0 Å². The summed E-state index contributed by atoms with van der Waals surface area (Å²) in [6, 6.07) is 8.35. The number of carbonyl (C=O) groups excluding carboxylic acids is 1. The molecule has 3 heterocycles. The highest BCUT2D eigenvalue weighted by Gasteiger charge is 2.31. The first-order chi connectivity index (χ1) is 15.0. The Morgan fingerprint density at radius 3 is 2.61 bits per heavy atom. The van der Waals surface area contributed by atoms with Crippen LogP contribution in [0.15, 0.2) is 43.0 Å². The average Bonchev–Trinajstić information content (AvgIpc) is 3.18. The van der Waals surface area contributed by atoms with E-state index in [-0.39, 0.29) is 5.92 Å². The van der Waals surface area contributed by atoms with Crippen molar-refractivity contribution < 1.29 is 9.18 Å². The lowest BCUT2D eigenvalue weighted by molar-refractivity contribution is -0.123. The standard InChI is InChI=1S/C25H29FN4O/c1-29-16-27-12-24(29)19-6-7-20-11-28-23(9-21(20)8-19)10-25(31)18-4-2-17(3-5-18)13-30-14-22(26)15-30/h6-9,11-12,16-18,22H,2-5,10,13-15H2,1H3. The molecule has 6 heteroatoms. The fraction of sp³-hybridized carbons (Fsp3) is 0.480. The zero-order chi connectivity index (χ0) is 21.4. The fourth-order valence-corrected chi connectivity index (χ4v) is 5.09. The van der Waals surface area contributed by atoms with Crippen molar-refractivity contribution in [3.63, 3.8) is 0 Å². The lowest BCUT2D eigenvalue weighted by Gasteiger charge is -2.38. The minimum Gasteiger partial charge on any atom is -0.334 e. The minimum absolute atomic E-state index is 0.139. The average molecular weight is 421 g/mol. The van der Waals surface area contributed by atoms with Gasteiger partial charge in [0.1, 0.15) is 12.0 Å². The molecule has 0 unspecified atom stereocenters. The van der Waals surface area contributed by atoms with Crippen LogP contribution in [0, 0.1) is 11.8 Å². The molecule has 1 saturated carbocycles. The van der Waals surface area contributed by atoms with Gasteiger partial charge in [-0.25, -0.2) is 9.37 Å². The normalized spacial score (nSPS) is 22.5. The van der Waals surface area contributed by atoms with E-state index in [9.17, 15) is 9.18 Å². The number of hydrogen-bond donors (Lipinski definition) is 0. The zero-order valence-corrected chi connectivity index (χ0v) is 18.0. The number of aryl methyl sites for hydroxylation is 1. The first kappa shape index (κ1) is 20.3. The summed E-state index contributed by atoms with van der Waals surface area (Å²) >= 11 is 0. The van der Waals surface area contributed by atoms with E-state index >= 15 is 0 Å². The van der Waals surface area contributed by atoms with E-state index in [1.165, 1.54) is 0 Å². The zero-order valence-electron chi connectivity index (χ0n) is 18.0. The lowest BCUT2D eigenvalue weighted by atomic mass is 9.78. The summed E-state index contributed by atoms with van der Waals surface area (Å²) in [7, 11) is 1.99. The van der Waals surface area contributed by atoms with Crippen LogP contribution in [-0.4, -0.2) is 51.0 Å². The molecule has 1 aliphatic carbocycles. The second-order valence-corrected chi connectivity index (χ2v) is 9.30. The number of pyridine rings is 1. The second kappa shape index (κ2) is 8.50. The Morgan fingerprint density at radius 2 is 1.90 bits per heavy atom. The summed E-state index contributed by atoms with van der Waals surface area (Å²) in [4.78, 5) is 23.9. The Kier molecular flexibility index (Phi) is 5.57. The number of benzene rings is 1. The van der Waals surface area contributed by atoms with Crippen molar-refractivity contribution >= 4 is 16.6 Å². The van der Waals surface area contributed by atoms with E-state index in [2.05, 4.69) is 39.1 Å². The monoisotopic (exact) mass is 420 g/mol. The molecule has 1 saturated heterocycles. The predicted molar refractivity (Wildman–Crippen MR) is 119 cm³/mol. The van der Waals surface area contributed by atoms with Gasteiger partial charge in [-0.15, -0.1) is 0 Å². The lowest BCUT2D eigenvalue weighted by Crippen LogP contribution is -2.50. The second-order valence-electron chi connectivity index (χ2n) is 9.30. The van der Waals surface area contributed by atoms with Crippen LogP contribution >= 0.6 is 0 Å². The van der Waals surface area contributed by atoms with Crippen molar-refractivity contribution in [3.05, 3.63) is 48.7 Å². The molecule has 0 amide bonds. The fourth-order valence-electron chi connectivity index (χ4n) is 5.09. The molecule has 1 aromatic carbocycles. The quantitative estimate of drug-likeness (QED) is 0.600. The van der Waals surface area contributed by atoms with Crippen LogP contribution in [-0.2, 0) is 18.3 Å². The Balaban J connectivity index is 1.22. The van der Waals surface area contributed by atoms with Crippen LogP contribution in [0.2, 0.25) is 0 Å². The van der Waals surface area contributed by atoms with Crippen LogP contribution in [0.25, 0.3) is 22.0 Å². The van der Waals surface area contributed by atoms with Gasteiger partial charge in [0, 0.05) is 61.9 Å². The number of rotatable bonds is 6. The number of halogens is 1. The third-order valence-electron chi connectivity index (χ3n) is 6.98. The highest BCUT2D eigenvalue weighted by Crippen LogP contribution is 2.32. The molecule has 31 heavy (non-hydrogen) atoms.